The third-order valence-electron chi connectivity index (χ3n) is 2.29. The second kappa shape index (κ2) is 6.16. The number of halogens is 3. The molecular weight excluding hydrogens is 289 g/mol. The monoisotopic (exact) mass is 306 g/mol. The van der Waals surface area contributed by atoms with Crippen LogP contribution in [0, 0.1) is 0 Å². The highest BCUT2D eigenvalue weighted by Crippen LogP contribution is 2.23. The van der Waals surface area contributed by atoms with E-state index in [0.29, 0.717) is 4.31 Å². The molecule has 18 heavy (non-hydrogen) atoms. The molecule has 0 amide bonds. The van der Waals surface area contributed by atoms with E-state index in [-0.39, 0.29) is 11.4 Å². The van der Waals surface area contributed by atoms with Gasteiger partial charge in [-0.1, -0.05) is 19.1 Å². The predicted molar refractivity (Wildman–Crippen MR) is 67.7 cm³/mol. The molecule has 0 radical (unpaired) electrons. The van der Waals surface area contributed by atoms with Crippen molar-refractivity contribution in [2.24, 2.45) is 5.73 Å². The van der Waals surface area contributed by atoms with E-state index in [0.717, 1.165) is 0 Å². The number of hydrogen-bond acceptors (Lipinski definition) is 3. The van der Waals surface area contributed by atoms with Crippen molar-refractivity contribution in [3.8, 4) is 0 Å². The van der Waals surface area contributed by atoms with Crippen LogP contribution in [0.2, 0.25) is 0 Å². The maximum atomic E-state index is 12.4. The summed E-state index contributed by atoms with van der Waals surface area (Å²) < 4.78 is 61.7. The fraction of sp³-hybridized carbons (Fsp3) is 0.889. The van der Waals surface area contributed by atoms with Crippen molar-refractivity contribution in [1.29, 1.82) is 0 Å². The van der Waals surface area contributed by atoms with Crippen LogP contribution < -0.4 is 5.73 Å². The lowest BCUT2D eigenvalue weighted by Gasteiger charge is -2.30. The summed E-state index contributed by atoms with van der Waals surface area (Å²) in [6.45, 7) is 2.71. The maximum Gasteiger partial charge on any atom is 0.402 e. The summed E-state index contributed by atoms with van der Waals surface area (Å²) in [5.41, 5.74) is 5.28. The largest absolute Gasteiger partial charge is 0.402 e. The van der Waals surface area contributed by atoms with Gasteiger partial charge < -0.3 is 5.73 Å². The molecule has 0 aromatic heterocycles. The third kappa shape index (κ3) is 4.69. The lowest BCUT2D eigenvalue weighted by atomic mass is 10.3. The zero-order valence-corrected chi connectivity index (χ0v) is 12.0. The Bertz CT molecular complexity index is 393. The zero-order valence-electron chi connectivity index (χ0n) is 10.4. The van der Waals surface area contributed by atoms with Crippen molar-refractivity contribution < 1.29 is 21.6 Å². The third-order valence-corrected chi connectivity index (χ3v) is 5.23. The van der Waals surface area contributed by atoms with Crippen LogP contribution in [-0.4, -0.2) is 41.7 Å². The van der Waals surface area contributed by atoms with Crippen molar-refractivity contribution in [2.75, 3.05) is 6.54 Å². The topological polar surface area (TPSA) is 63.4 Å². The number of rotatable bonds is 6. The van der Waals surface area contributed by atoms with Crippen LogP contribution in [0.15, 0.2) is 0 Å². The van der Waals surface area contributed by atoms with Crippen LogP contribution in [0.25, 0.3) is 0 Å². The fourth-order valence-electron chi connectivity index (χ4n) is 1.47. The molecule has 0 spiro atoms. The smallest absolute Gasteiger partial charge is 0.392 e. The quantitative estimate of drug-likeness (QED) is 0.758. The number of thiocarbonyl (C=S) groups is 1. The van der Waals surface area contributed by atoms with Crippen LogP contribution in [0.3, 0.4) is 0 Å². The van der Waals surface area contributed by atoms with Crippen molar-refractivity contribution in [2.45, 2.75) is 44.7 Å². The summed E-state index contributed by atoms with van der Waals surface area (Å²) in [5, 5.41) is -1.27. The molecule has 1 atom stereocenters. The molecule has 1 unspecified atom stereocenters. The molecule has 0 bridgehead atoms. The van der Waals surface area contributed by atoms with Crippen molar-refractivity contribution in [3.05, 3.63) is 0 Å². The lowest BCUT2D eigenvalue weighted by molar-refractivity contribution is -0.138. The van der Waals surface area contributed by atoms with Crippen LogP contribution >= 0.6 is 12.2 Å². The number of nitrogens with two attached hydrogens (primary N) is 1. The van der Waals surface area contributed by atoms with E-state index in [4.69, 9.17) is 5.73 Å². The second-order valence-corrected chi connectivity index (χ2v) is 6.64. The minimum Gasteiger partial charge on any atom is -0.392 e. The summed E-state index contributed by atoms with van der Waals surface area (Å²) >= 11 is 4.60. The summed E-state index contributed by atoms with van der Waals surface area (Å²) in [7, 11) is -4.20. The van der Waals surface area contributed by atoms with Gasteiger partial charge in [0.15, 0.2) is 0 Å². The molecule has 0 saturated carbocycles. The van der Waals surface area contributed by atoms with Crippen LogP contribution in [0.1, 0.15) is 27.2 Å². The highest BCUT2D eigenvalue weighted by atomic mass is 32.2. The van der Waals surface area contributed by atoms with Gasteiger partial charge in [-0.3, -0.25) is 0 Å². The zero-order chi connectivity index (χ0) is 14.7. The van der Waals surface area contributed by atoms with E-state index >= 15 is 0 Å². The lowest BCUT2D eigenvalue weighted by Crippen LogP contribution is -2.50. The first-order valence-corrected chi connectivity index (χ1v) is 7.21. The van der Waals surface area contributed by atoms with Gasteiger partial charge in [-0.05, 0) is 20.3 Å². The van der Waals surface area contributed by atoms with Gasteiger partial charge in [-0.2, -0.15) is 17.5 Å². The number of hydrogen-bond donors (Lipinski definition) is 1. The molecule has 0 aromatic carbocycles. The Morgan fingerprint density at radius 3 is 2.06 bits per heavy atom. The number of sulfonamides is 1. The molecule has 0 rings (SSSR count). The summed E-state index contributed by atoms with van der Waals surface area (Å²) in [5.74, 6) is 0. The standard InChI is InChI=1S/C9H17F3N2O2S2/c1-4-7(8(13)17)18(15,16)14(6(2)3)5-9(10,11)12/h6-7H,4-5H2,1-3H3,(H2,13,17). The van der Waals surface area contributed by atoms with Crippen LogP contribution in [0.4, 0.5) is 13.2 Å². The molecule has 2 N–H and O–H groups in total. The molecule has 0 aliphatic carbocycles. The molecule has 9 heteroatoms. The molecule has 108 valence electrons. The van der Waals surface area contributed by atoms with E-state index in [1.54, 1.807) is 0 Å². The number of nitrogens with zero attached hydrogens (tertiary/aromatic N) is 1. The Kier molecular flexibility index (Phi) is 6.02. The Hall–Kier alpha value is -0.410. The minimum atomic E-state index is -4.61. The molecule has 0 aliphatic heterocycles. The molecule has 0 heterocycles. The van der Waals surface area contributed by atoms with E-state index in [9.17, 15) is 21.6 Å². The molecule has 0 saturated heterocycles. The van der Waals surface area contributed by atoms with Gasteiger partial charge >= 0.3 is 6.18 Å². The SMILES string of the molecule is CCC(C(N)=S)S(=O)(=O)N(CC(F)(F)F)C(C)C. The average molecular weight is 306 g/mol. The van der Waals surface area contributed by atoms with Gasteiger partial charge in [0, 0.05) is 6.04 Å². The van der Waals surface area contributed by atoms with Gasteiger partial charge in [0.1, 0.15) is 11.8 Å². The first-order valence-electron chi connectivity index (χ1n) is 5.30. The van der Waals surface area contributed by atoms with Crippen LogP contribution in [0.5, 0.6) is 0 Å². The predicted octanol–water partition coefficient (Wildman–Crippen LogP) is 1.65. The highest BCUT2D eigenvalue weighted by Gasteiger charge is 2.41. The first-order chi connectivity index (χ1) is 7.93. The summed E-state index contributed by atoms with van der Waals surface area (Å²) in [6.07, 6.45) is -4.56. The molecule has 4 nitrogen and oxygen atoms in total. The Labute approximate surface area is 110 Å². The summed E-state index contributed by atoms with van der Waals surface area (Å²) in [4.78, 5) is -0.315. The Morgan fingerprint density at radius 2 is 1.83 bits per heavy atom. The Balaban J connectivity index is 5.42. The van der Waals surface area contributed by atoms with Gasteiger partial charge in [0.2, 0.25) is 10.0 Å². The molecular formula is C9H17F3N2O2S2. The molecule has 0 aromatic rings. The van der Waals surface area contributed by atoms with E-state index < -0.39 is 34.0 Å². The summed E-state index contributed by atoms with van der Waals surface area (Å²) in [6, 6.07) is -0.819. The normalized spacial score (nSPS) is 15.1. The van der Waals surface area contributed by atoms with Gasteiger partial charge in [0.05, 0.1) is 4.99 Å². The van der Waals surface area contributed by atoms with E-state index in [2.05, 4.69) is 12.2 Å². The van der Waals surface area contributed by atoms with Gasteiger partial charge in [-0.15, -0.1) is 0 Å². The highest BCUT2D eigenvalue weighted by molar-refractivity contribution is 7.92. The first kappa shape index (κ1) is 17.6. The minimum absolute atomic E-state index is 0.0404. The van der Waals surface area contributed by atoms with Crippen molar-refractivity contribution in [1.82, 2.24) is 4.31 Å². The van der Waals surface area contributed by atoms with E-state index in [1.807, 2.05) is 0 Å². The molecule has 0 fully saturated rings. The number of alkyl halides is 3. The average Bonchev–Trinajstić information content (AvgIpc) is 2.11. The Morgan fingerprint density at radius 1 is 1.39 bits per heavy atom. The van der Waals surface area contributed by atoms with Crippen molar-refractivity contribution >= 4 is 27.2 Å². The van der Waals surface area contributed by atoms with Crippen molar-refractivity contribution in [3.63, 3.8) is 0 Å². The fourth-order valence-corrected chi connectivity index (χ4v) is 3.95. The van der Waals surface area contributed by atoms with Gasteiger partial charge in [-0.25, -0.2) is 8.42 Å². The van der Waals surface area contributed by atoms with E-state index in [1.165, 1.54) is 20.8 Å². The van der Waals surface area contributed by atoms with Gasteiger partial charge in [0.25, 0.3) is 0 Å². The second-order valence-electron chi connectivity index (χ2n) is 4.10. The maximum absolute atomic E-state index is 12.4. The van der Waals surface area contributed by atoms with Crippen LogP contribution in [-0.2, 0) is 10.0 Å². The molecule has 0 aliphatic rings.